The van der Waals surface area contributed by atoms with Crippen LogP contribution in [0.3, 0.4) is 0 Å². The Balaban J connectivity index is 1.58. The monoisotopic (exact) mass is 319 g/mol. The summed E-state index contributed by atoms with van der Waals surface area (Å²) in [5.74, 6) is 0.973. The lowest BCUT2D eigenvalue weighted by Crippen LogP contribution is -2.30. The van der Waals surface area contributed by atoms with Crippen LogP contribution in [-0.2, 0) is 0 Å². The Morgan fingerprint density at radius 2 is 2.14 bits per heavy atom. The lowest BCUT2D eigenvalue weighted by atomic mass is 10.3. The highest BCUT2D eigenvalue weighted by atomic mass is 32.1. The Labute approximate surface area is 132 Å². The summed E-state index contributed by atoms with van der Waals surface area (Å²) in [5.41, 5.74) is 1.12. The van der Waals surface area contributed by atoms with Gasteiger partial charge >= 0.3 is 0 Å². The molecule has 1 atom stereocenters. The molecule has 7 heteroatoms. The van der Waals surface area contributed by atoms with Crippen LogP contribution in [0, 0.1) is 6.92 Å². The topological polar surface area (TPSA) is 64.6 Å². The molecule has 0 aliphatic carbocycles. The van der Waals surface area contributed by atoms with Crippen LogP contribution in [0.4, 0.5) is 0 Å². The van der Waals surface area contributed by atoms with Gasteiger partial charge in [0.1, 0.15) is 6.10 Å². The smallest absolute Gasteiger partial charge is 0.264 e. The summed E-state index contributed by atoms with van der Waals surface area (Å²) in [5, 5.41) is 9.80. The van der Waals surface area contributed by atoms with Crippen molar-refractivity contribution in [3.05, 3.63) is 34.0 Å². The summed E-state index contributed by atoms with van der Waals surface area (Å²) in [6.07, 6.45) is 0.747. The number of hydrogen-bond acceptors (Lipinski definition) is 6. The highest BCUT2D eigenvalue weighted by Crippen LogP contribution is 2.21. The van der Waals surface area contributed by atoms with E-state index in [1.807, 2.05) is 23.3 Å². The number of ether oxygens (including phenoxy) is 2. The minimum atomic E-state index is -0.0484. The first kappa shape index (κ1) is 14.8. The zero-order chi connectivity index (χ0) is 15.5. The number of hydrogen-bond donors (Lipinski definition) is 0. The SMILES string of the molecule is COc1ccc(O[C@H]2CCN(C(=O)c3cc(C)cs3)C2)nn1. The molecule has 0 aromatic carbocycles. The second kappa shape index (κ2) is 6.31. The first-order chi connectivity index (χ1) is 10.7. The fraction of sp³-hybridized carbons (Fsp3) is 0.400. The number of aromatic nitrogens is 2. The van der Waals surface area contributed by atoms with Crippen molar-refractivity contribution in [3.8, 4) is 11.8 Å². The number of aryl methyl sites for hydroxylation is 1. The Bertz CT molecular complexity index is 656. The third kappa shape index (κ3) is 3.19. The van der Waals surface area contributed by atoms with Crippen LogP contribution in [0.1, 0.15) is 21.7 Å². The average molecular weight is 319 g/mol. The van der Waals surface area contributed by atoms with Crippen molar-refractivity contribution >= 4 is 17.2 Å². The van der Waals surface area contributed by atoms with E-state index < -0.39 is 0 Å². The van der Waals surface area contributed by atoms with E-state index in [1.165, 1.54) is 18.4 Å². The molecule has 0 saturated carbocycles. The predicted octanol–water partition coefficient (Wildman–Crippen LogP) is 2.15. The van der Waals surface area contributed by atoms with E-state index in [0.717, 1.165) is 16.9 Å². The van der Waals surface area contributed by atoms with Crippen molar-refractivity contribution in [1.29, 1.82) is 0 Å². The van der Waals surface area contributed by atoms with E-state index in [1.54, 1.807) is 12.1 Å². The molecule has 0 unspecified atom stereocenters. The van der Waals surface area contributed by atoms with Crippen molar-refractivity contribution in [3.63, 3.8) is 0 Å². The summed E-state index contributed by atoms with van der Waals surface area (Å²) < 4.78 is 10.7. The summed E-state index contributed by atoms with van der Waals surface area (Å²) >= 11 is 1.49. The third-order valence-corrected chi connectivity index (χ3v) is 4.52. The largest absolute Gasteiger partial charge is 0.480 e. The Morgan fingerprint density at radius 3 is 2.77 bits per heavy atom. The second-order valence-corrected chi connectivity index (χ2v) is 6.09. The zero-order valence-corrected chi connectivity index (χ0v) is 13.3. The van der Waals surface area contributed by atoms with Crippen LogP contribution in [0.5, 0.6) is 11.8 Å². The van der Waals surface area contributed by atoms with Crippen LogP contribution in [0.15, 0.2) is 23.6 Å². The van der Waals surface area contributed by atoms with Gasteiger partial charge in [-0.1, -0.05) is 0 Å². The second-order valence-electron chi connectivity index (χ2n) is 5.18. The first-order valence-electron chi connectivity index (χ1n) is 7.04. The Morgan fingerprint density at radius 1 is 1.36 bits per heavy atom. The van der Waals surface area contributed by atoms with Gasteiger partial charge in [-0.15, -0.1) is 21.5 Å². The summed E-state index contributed by atoms with van der Waals surface area (Å²) in [6.45, 7) is 3.26. The van der Waals surface area contributed by atoms with Gasteiger partial charge < -0.3 is 14.4 Å². The molecule has 0 bridgehead atoms. The molecule has 0 N–H and O–H groups in total. The molecule has 1 fully saturated rings. The molecule has 6 nitrogen and oxygen atoms in total. The normalized spacial score (nSPS) is 17.5. The van der Waals surface area contributed by atoms with Gasteiger partial charge in [-0.3, -0.25) is 4.79 Å². The molecule has 116 valence electrons. The minimum Gasteiger partial charge on any atom is -0.480 e. The van der Waals surface area contributed by atoms with Crippen LogP contribution < -0.4 is 9.47 Å². The van der Waals surface area contributed by atoms with Crippen molar-refractivity contribution in [2.24, 2.45) is 0 Å². The molecule has 2 aromatic rings. The molecule has 3 rings (SSSR count). The fourth-order valence-electron chi connectivity index (χ4n) is 2.36. The zero-order valence-electron chi connectivity index (χ0n) is 12.5. The Hall–Kier alpha value is -2.15. The maximum absolute atomic E-state index is 12.4. The quantitative estimate of drug-likeness (QED) is 0.864. The molecule has 22 heavy (non-hydrogen) atoms. The molecule has 0 spiro atoms. The lowest BCUT2D eigenvalue weighted by molar-refractivity contribution is 0.0775. The average Bonchev–Trinajstić information content (AvgIpc) is 3.16. The van der Waals surface area contributed by atoms with Gasteiger partial charge in [0.2, 0.25) is 11.8 Å². The molecular formula is C15H17N3O3S. The van der Waals surface area contributed by atoms with Gasteiger partial charge in [-0.05, 0) is 23.9 Å². The summed E-state index contributed by atoms with van der Waals surface area (Å²) in [7, 11) is 1.54. The van der Waals surface area contributed by atoms with Crippen LogP contribution in [0.2, 0.25) is 0 Å². The number of methoxy groups -OCH3 is 1. The molecule has 2 aromatic heterocycles. The number of rotatable bonds is 4. The van der Waals surface area contributed by atoms with Gasteiger partial charge in [-0.2, -0.15) is 0 Å². The first-order valence-corrected chi connectivity index (χ1v) is 7.92. The summed E-state index contributed by atoms with van der Waals surface area (Å²) in [4.78, 5) is 15.0. The number of carbonyl (C=O) groups is 1. The van der Waals surface area contributed by atoms with E-state index >= 15 is 0 Å². The van der Waals surface area contributed by atoms with E-state index in [-0.39, 0.29) is 12.0 Å². The highest BCUT2D eigenvalue weighted by Gasteiger charge is 2.29. The minimum absolute atomic E-state index is 0.0484. The Kier molecular flexibility index (Phi) is 4.24. The molecule has 1 aliphatic rings. The van der Waals surface area contributed by atoms with E-state index in [9.17, 15) is 4.79 Å². The van der Waals surface area contributed by atoms with Gasteiger partial charge in [0.25, 0.3) is 5.91 Å². The van der Waals surface area contributed by atoms with Gasteiger partial charge in [0.15, 0.2) is 0 Å². The van der Waals surface area contributed by atoms with E-state index in [2.05, 4.69) is 10.2 Å². The summed E-state index contributed by atoms with van der Waals surface area (Å²) in [6, 6.07) is 5.35. The third-order valence-electron chi connectivity index (χ3n) is 3.49. The molecule has 1 aliphatic heterocycles. The van der Waals surface area contributed by atoms with Crippen LogP contribution in [-0.4, -0.2) is 47.3 Å². The molecule has 1 saturated heterocycles. The standard InChI is InChI=1S/C15H17N3O3S/c1-10-7-12(22-9-10)15(19)18-6-5-11(8-18)21-14-4-3-13(20-2)16-17-14/h3-4,7,9,11H,5-6,8H2,1-2H3/t11-/m0/s1. The number of likely N-dealkylation sites (tertiary alicyclic amines) is 1. The molecule has 1 amide bonds. The maximum atomic E-state index is 12.4. The van der Waals surface area contributed by atoms with Crippen LogP contribution >= 0.6 is 11.3 Å². The van der Waals surface area contributed by atoms with Crippen molar-refractivity contribution in [2.75, 3.05) is 20.2 Å². The van der Waals surface area contributed by atoms with E-state index in [0.29, 0.717) is 24.8 Å². The molecular weight excluding hydrogens is 302 g/mol. The van der Waals surface area contributed by atoms with Gasteiger partial charge in [0.05, 0.1) is 18.5 Å². The lowest BCUT2D eigenvalue weighted by Gasteiger charge is -2.16. The molecule has 3 heterocycles. The number of carbonyl (C=O) groups excluding carboxylic acids is 1. The predicted molar refractivity (Wildman–Crippen MR) is 82.6 cm³/mol. The van der Waals surface area contributed by atoms with E-state index in [4.69, 9.17) is 9.47 Å². The van der Waals surface area contributed by atoms with Gasteiger partial charge in [0, 0.05) is 25.1 Å². The molecule has 0 radical (unpaired) electrons. The highest BCUT2D eigenvalue weighted by molar-refractivity contribution is 7.12. The van der Waals surface area contributed by atoms with Crippen LogP contribution in [0.25, 0.3) is 0 Å². The fourth-order valence-corrected chi connectivity index (χ4v) is 3.22. The van der Waals surface area contributed by atoms with Crippen molar-refractivity contribution in [2.45, 2.75) is 19.4 Å². The van der Waals surface area contributed by atoms with Crippen molar-refractivity contribution in [1.82, 2.24) is 15.1 Å². The van der Waals surface area contributed by atoms with Crippen molar-refractivity contribution < 1.29 is 14.3 Å². The number of thiophene rings is 1. The maximum Gasteiger partial charge on any atom is 0.264 e. The number of nitrogens with zero attached hydrogens (tertiary/aromatic N) is 3. The number of amides is 1. The van der Waals surface area contributed by atoms with Gasteiger partial charge in [-0.25, -0.2) is 0 Å².